The second-order valence-corrected chi connectivity index (χ2v) is 7.36. The van der Waals surface area contributed by atoms with E-state index in [0.717, 1.165) is 12.8 Å². The molecular weight excluding hydrogens is 300 g/mol. The van der Waals surface area contributed by atoms with Gasteiger partial charge in [0.2, 0.25) is 0 Å². The third-order valence-electron chi connectivity index (χ3n) is 3.63. The molecule has 1 unspecified atom stereocenters. The Labute approximate surface area is 131 Å². The molecule has 0 amide bonds. The molecule has 2 aromatic rings. The number of unbranched alkanes of at least 4 members (excludes halogenated alkanes) is 1. The van der Waals surface area contributed by atoms with Crippen LogP contribution in [-0.2, 0) is 9.84 Å². The standard InChI is InChI=1S/C17H20O4S/c1-2-3-9-17(15-11-10-13(18)12-16(15)19)22(20,21)14-7-5-4-6-8-14/h4-8,10-12,17-19H,2-3,9H2,1H3. The normalized spacial score (nSPS) is 13.0. The summed E-state index contributed by atoms with van der Waals surface area (Å²) in [5.41, 5.74) is 0.329. The molecule has 0 fully saturated rings. The van der Waals surface area contributed by atoms with Gasteiger partial charge in [0.15, 0.2) is 9.84 Å². The summed E-state index contributed by atoms with van der Waals surface area (Å²) in [4.78, 5) is 0.239. The summed E-state index contributed by atoms with van der Waals surface area (Å²) >= 11 is 0. The lowest BCUT2D eigenvalue weighted by Crippen LogP contribution is -2.14. The smallest absolute Gasteiger partial charge is 0.185 e. The van der Waals surface area contributed by atoms with Crippen LogP contribution in [0.3, 0.4) is 0 Å². The molecule has 2 aromatic carbocycles. The molecule has 118 valence electrons. The van der Waals surface area contributed by atoms with Gasteiger partial charge in [-0.15, -0.1) is 0 Å². The number of hydrogen-bond donors (Lipinski definition) is 2. The predicted molar refractivity (Wildman–Crippen MR) is 85.7 cm³/mol. The molecule has 2 N–H and O–H groups in total. The van der Waals surface area contributed by atoms with E-state index in [1.165, 1.54) is 18.2 Å². The molecular formula is C17H20O4S. The molecule has 0 aliphatic rings. The minimum absolute atomic E-state index is 0.0902. The molecule has 0 aliphatic heterocycles. The van der Waals surface area contributed by atoms with Crippen LogP contribution < -0.4 is 0 Å². The van der Waals surface area contributed by atoms with E-state index in [1.807, 2.05) is 6.92 Å². The predicted octanol–water partition coefficient (Wildman–Crippen LogP) is 3.80. The highest BCUT2D eigenvalue weighted by Crippen LogP contribution is 2.38. The Kier molecular flexibility index (Phi) is 5.08. The third-order valence-corrected chi connectivity index (χ3v) is 5.80. The zero-order chi connectivity index (χ0) is 16.2. The molecule has 2 rings (SSSR count). The molecule has 0 spiro atoms. The molecule has 1 atom stereocenters. The molecule has 22 heavy (non-hydrogen) atoms. The number of hydrogen-bond acceptors (Lipinski definition) is 4. The summed E-state index contributed by atoms with van der Waals surface area (Å²) in [6.07, 6.45) is 2.02. The largest absolute Gasteiger partial charge is 0.508 e. The summed E-state index contributed by atoms with van der Waals surface area (Å²) in [5.74, 6) is -0.284. The van der Waals surface area contributed by atoms with E-state index in [1.54, 1.807) is 30.3 Å². The van der Waals surface area contributed by atoms with Gasteiger partial charge < -0.3 is 10.2 Å². The van der Waals surface area contributed by atoms with Crippen molar-refractivity contribution in [1.29, 1.82) is 0 Å². The van der Waals surface area contributed by atoms with Crippen molar-refractivity contribution in [2.24, 2.45) is 0 Å². The lowest BCUT2D eigenvalue weighted by atomic mass is 10.1. The van der Waals surface area contributed by atoms with E-state index >= 15 is 0 Å². The fourth-order valence-electron chi connectivity index (χ4n) is 2.45. The number of phenolic OH excluding ortho intramolecular Hbond substituents is 2. The molecule has 0 aromatic heterocycles. The zero-order valence-electron chi connectivity index (χ0n) is 12.4. The second kappa shape index (κ2) is 6.83. The lowest BCUT2D eigenvalue weighted by Gasteiger charge is -2.19. The summed E-state index contributed by atoms with van der Waals surface area (Å²) in [5, 5.41) is 18.6. The van der Waals surface area contributed by atoms with Gasteiger partial charge in [0.25, 0.3) is 0 Å². The Morgan fingerprint density at radius 1 is 1.05 bits per heavy atom. The van der Waals surface area contributed by atoms with E-state index < -0.39 is 15.1 Å². The molecule has 0 radical (unpaired) electrons. The van der Waals surface area contributed by atoms with E-state index in [2.05, 4.69) is 0 Å². The van der Waals surface area contributed by atoms with Gasteiger partial charge in [-0.25, -0.2) is 8.42 Å². The molecule has 0 saturated heterocycles. The van der Waals surface area contributed by atoms with Crippen LogP contribution in [-0.4, -0.2) is 18.6 Å². The number of rotatable bonds is 6. The van der Waals surface area contributed by atoms with Crippen LogP contribution in [0.2, 0.25) is 0 Å². The van der Waals surface area contributed by atoms with Crippen LogP contribution in [0.4, 0.5) is 0 Å². The minimum Gasteiger partial charge on any atom is -0.508 e. The Bertz CT molecular complexity index is 724. The van der Waals surface area contributed by atoms with Crippen molar-refractivity contribution in [3.8, 4) is 11.5 Å². The summed E-state index contributed by atoms with van der Waals surface area (Å²) < 4.78 is 25.8. The Balaban J connectivity index is 2.50. The van der Waals surface area contributed by atoms with Crippen LogP contribution in [0, 0.1) is 0 Å². The van der Waals surface area contributed by atoms with Crippen LogP contribution in [0.15, 0.2) is 53.4 Å². The minimum atomic E-state index is -3.60. The van der Waals surface area contributed by atoms with Crippen molar-refractivity contribution in [2.45, 2.75) is 36.3 Å². The maximum atomic E-state index is 12.9. The van der Waals surface area contributed by atoms with Gasteiger partial charge in [0, 0.05) is 11.6 Å². The molecule has 5 heteroatoms. The van der Waals surface area contributed by atoms with E-state index in [9.17, 15) is 18.6 Å². The molecule has 0 aliphatic carbocycles. The molecule has 0 bridgehead atoms. The number of benzene rings is 2. The van der Waals surface area contributed by atoms with Gasteiger partial charge >= 0.3 is 0 Å². The summed E-state index contributed by atoms with van der Waals surface area (Å²) in [6.45, 7) is 1.99. The Hall–Kier alpha value is -2.01. The highest BCUT2D eigenvalue weighted by molar-refractivity contribution is 7.91. The highest BCUT2D eigenvalue weighted by Gasteiger charge is 2.30. The first kappa shape index (κ1) is 16.4. The van der Waals surface area contributed by atoms with Gasteiger partial charge in [-0.05, 0) is 24.6 Å². The number of sulfone groups is 1. The first-order valence-corrected chi connectivity index (χ1v) is 8.82. The quantitative estimate of drug-likeness (QED) is 0.849. The Morgan fingerprint density at radius 3 is 2.32 bits per heavy atom. The van der Waals surface area contributed by atoms with Crippen molar-refractivity contribution >= 4 is 9.84 Å². The molecule has 4 nitrogen and oxygen atoms in total. The van der Waals surface area contributed by atoms with Crippen molar-refractivity contribution in [1.82, 2.24) is 0 Å². The van der Waals surface area contributed by atoms with Crippen molar-refractivity contribution in [3.05, 3.63) is 54.1 Å². The molecule has 0 heterocycles. The zero-order valence-corrected chi connectivity index (χ0v) is 13.3. The third kappa shape index (κ3) is 3.42. The van der Waals surface area contributed by atoms with Crippen LogP contribution >= 0.6 is 0 Å². The Morgan fingerprint density at radius 2 is 1.73 bits per heavy atom. The van der Waals surface area contributed by atoms with Gasteiger partial charge in [-0.2, -0.15) is 0 Å². The van der Waals surface area contributed by atoms with Gasteiger partial charge in [0.1, 0.15) is 11.5 Å². The highest BCUT2D eigenvalue weighted by atomic mass is 32.2. The van der Waals surface area contributed by atoms with E-state index in [-0.39, 0.29) is 16.4 Å². The van der Waals surface area contributed by atoms with Crippen molar-refractivity contribution in [3.63, 3.8) is 0 Å². The second-order valence-electron chi connectivity index (χ2n) is 5.23. The number of phenols is 2. The van der Waals surface area contributed by atoms with Gasteiger partial charge in [-0.1, -0.05) is 44.0 Å². The average Bonchev–Trinajstić information content (AvgIpc) is 2.50. The van der Waals surface area contributed by atoms with Crippen molar-refractivity contribution < 1.29 is 18.6 Å². The first-order valence-electron chi connectivity index (χ1n) is 7.27. The van der Waals surface area contributed by atoms with Crippen LogP contribution in [0.25, 0.3) is 0 Å². The van der Waals surface area contributed by atoms with E-state index in [4.69, 9.17) is 0 Å². The average molecular weight is 320 g/mol. The maximum absolute atomic E-state index is 12.9. The van der Waals surface area contributed by atoms with Crippen LogP contribution in [0.5, 0.6) is 11.5 Å². The lowest BCUT2D eigenvalue weighted by molar-refractivity contribution is 0.443. The first-order chi connectivity index (χ1) is 10.5. The maximum Gasteiger partial charge on any atom is 0.185 e. The van der Waals surface area contributed by atoms with Gasteiger partial charge in [0.05, 0.1) is 10.1 Å². The molecule has 0 saturated carbocycles. The monoisotopic (exact) mass is 320 g/mol. The van der Waals surface area contributed by atoms with E-state index in [0.29, 0.717) is 12.0 Å². The van der Waals surface area contributed by atoms with Crippen molar-refractivity contribution in [2.75, 3.05) is 0 Å². The fourth-order valence-corrected chi connectivity index (χ4v) is 4.32. The topological polar surface area (TPSA) is 74.6 Å². The SMILES string of the molecule is CCCCC(c1ccc(O)cc1O)S(=O)(=O)c1ccccc1. The fraction of sp³-hybridized carbons (Fsp3) is 0.294. The summed E-state index contributed by atoms with van der Waals surface area (Å²) in [7, 11) is -3.60. The van der Waals surface area contributed by atoms with Crippen LogP contribution in [0.1, 0.15) is 37.0 Å². The number of aromatic hydroxyl groups is 2. The van der Waals surface area contributed by atoms with Gasteiger partial charge in [-0.3, -0.25) is 0 Å². The summed E-state index contributed by atoms with van der Waals surface area (Å²) in [6, 6.07) is 12.3.